The molecule has 0 bridgehead atoms. The van der Waals surface area contributed by atoms with Crippen LogP contribution in [0.1, 0.15) is 24.9 Å². The van der Waals surface area contributed by atoms with Gasteiger partial charge in [-0.2, -0.15) is 0 Å². The number of aliphatic hydroxyl groups is 1. The predicted molar refractivity (Wildman–Crippen MR) is 36.4 cm³/mol. The molecule has 2 heterocycles. The lowest BCUT2D eigenvalue weighted by Crippen LogP contribution is -2.16. The Bertz CT molecular complexity index is 231. The monoisotopic (exact) mass is 138 g/mol. The summed E-state index contributed by atoms with van der Waals surface area (Å²) in [6.07, 6.45) is 6.17. The molecule has 1 aromatic rings. The molecule has 0 saturated carbocycles. The Morgan fingerprint density at radius 2 is 2.60 bits per heavy atom. The van der Waals surface area contributed by atoms with Gasteiger partial charge in [0.15, 0.2) is 0 Å². The van der Waals surface area contributed by atoms with Gasteiger partial charge in [-0.15, -0.1) is 0 Å². The standard InChI is InChI=1S/C7H10N2O/c10-7-3-1-2-6-8-4-5-9(6)7/h4-5,7,10H,1-3H2. The third kappa shape index (κ3) is 0.743. The number of hydrogen-bond donors (Lipinski definition) is 1. The summed E-state index contributed by atoms with van der Waals surface area (Å²) in [4.78, 5) is 4.11. The molecule has 10 heavy (non-hydrogen) atoms. The zero-order valence-corrected chi connectivity index (χ0v) is 5.70. The zero-order chi connectivity index (χ0) is 6.97. The molecule has 0 fully saturated rings. The summed E-state index contributed by atoms with van der Waals surface area (Å²) in [6.45, 7) is 0. The van der Waals surface area contributed by atoms with Gasteiger partial charge >= 0.3 is 0 Å². The lowest BCUT2D eigenvalue weighted by Gasteiger charge is -2.19. The Labute approximate surface area is 59.3 Å². The minimum Gasteiger partial charge on any atom is -0.373 e. The minimum absolute atomic E-state index is 0.328. The van der Waals surface area contributed by atoms with E-state index in [4.69, 9.17) is 0 Å². The fourth-order valence-corrected chi connectivity index (χ4v) is 1.39. The predicted octanol–water partition coefficient (Wildman–Crippen LogP) is 0.710. The van der Waals surface area contributed by atoms with Crippen molar-refractivity contribution in [1.82, 2.24) is 9.55 Å². The maximum Gasteiger partial charge on any atom is 0.131 e. The van der Waals surface area contributed by atoms with Gasteiger partial charge in [0.05, 0.1) is 0 Å². The Hall–Kier alpha value is -0.830. The van der Waals surface area contributed by atoms with Gasteiger partial charge in [-0.25, -0.2) is 4.98 Å². The number of fused-ring (bicyclic) bond motifs is 1. The first-order chi connectivity index (χ1) is 4.88. The summed E-state index contributed by atoms with van der Waals surface area (Å²) < 4.78 is 1.84. The van der Waals surface area contributed by atoms with E-state index >= 15 is 0 Å². The summed E-state index contributed by atoms with van der Waals surface area (Å²) in [6, 6.07) is 0. The molecule has 0 radical (unpaired) electrons. The topological polar surface area (TPSA) is 38.1 Å². The molecular formula is C7H10N2O. The number of aromatic nitrogens is 2. The quantitative estimate of drug-likeness (QED) is 0.573. The Kier molecular flexibility index (Phi) is 1.24. The van der Waals surface area contributed by atoms with Crippen LogP contribution in [-0.4, -0.2) is 14.7 Å². The summed E-state index contributed by atoms with van der Waals surface area (Å²) >= 11 is 0. The van der Waals surface area contributed by atoms with Crippen LogP contribution >= 0.6 is 0 Å². The Morgan fingerprint density at radius 1 is 1.70 bits per heavy atom. The molecule has 0 amide bonds. The molecule has 1 N–H and O–H groups in total. The van der Waals surface area contributed by atoms with Gasteiger partial charge in [-0.05, 0) is 12.8 Å². The van der Waals surface area contributed by atoms with Crippen LogP contribution in [0.5, 0.6) is 0 Å². The molecule has 0 spiro atoms. The third-order valence-corrected chi connectivity index (χ3v) is 1.93. The number of hydrogen-bond acceptors (Lipinski definition) is 2. The maximum atomic E-state index is 9.37. The van der Waals surface area contributed by atoms with Crippen LogP contribution in [0.4, 0.5) is 0 Å². The summed E-state index contributed by atoms with van der Waals surface area (Å²) in [5, 5.41) is 9.37. The SMILES string of the molecule is OC1CCCc2nccn21. The maximum absolute atomic E-state index is 9.37. The average molecular weight is 138 g/mol. The number of aliphatic hydroxyl groups excluding tert-OH is 1. The van der Waals surface area contributed by atoms with E-state index in [1.165, 1.54) is 0 Å². The van der Waals surface area contributed by atoms with Crippen LogP contribution in [0, 0.1) is 0 Å². The van der Waals surface area contributed by atoms with E-state index in [1.807, 2.05) is 10.8 Å². The van der Waals surface area contributed by atoms with Gasteiger partial charge in [-0.3, -0.25) is 0 Å². The number of imidazole rings is 1. The molecule has 1 aromatic heterocycles. The zero-order valence-electron chi connectivity index (χ0n) is 5.70. The van der Waals surface area contributed by atoms with Gasteiger partial charge < -0.3 is 9.67 Å². The van der Waals surface area contributed by atoms with E-state index < -0.39 is 0 Å². The molecule has 1 aliphatic heterocycles. The van der Waals surface area contributed by atoms with E-state index in [0.717, 1.165) is 25.1 Å². The number of nitrogens with zero attached hydrogens (tertiary/aromatic N) is 2. The van der Waals surface area contributed by atoms with Crippen LogP contribution in [0.3, 0.4) is 0 Å². The Morgan fingerprint density at radius 3 is 3.40 bits per heavy atom. The van der Waals surface area contributed by atoms with E-state index in [9.17, 15) is 5.11 Å². The fraction of sp³-hybridized carbons (Fsp3) is 0.571. The van der Waals surface area contributed by atoms with Crippen molar-refractivity contribution in [3.8, 4) is 0 Å². The summed E-state index contributed by atoms with van der Waals surface area (Å²) in [7, 11) is 0. The van der Waals surface area contributed by atoms with Crippen molar-refractivity contribution in [1.29, 1.82) is 0 Å². The van der Waals surface area contributed by atoms with Crippen molar-refractivity contribution in [3.05, 3.63) is 18.2 Å². The second kappa shape index (κ2) is 2.09. The summed E-state index contributed by atoms with van der Waals surface area (Å²) in [5.41, 5.74) is 0. The third-order valence-electron chi connectivity index (χ3n) is 1.93. The highest BCUT2D eigenvalue weighted by Crippen LogP contribution is 2.20. The molecule has 0 aliphatic carbocycles. The molecule has 0 aromatic carbocycles. The van der Waals surface area contributed by atoms with Gasteiger partial charge in [0.25, 0.3) is 0 Å². The first kappa shape index (κ1) is 5.92. The van der Waals surface area contributed by atoms with Gasteiger partial charge in [0.1, 0.15) is 12.1 Å². The molecule has 1 aliphatic rings. The number of rotatable bonds is 0. The largest absolute Gasteiger partial charge is 0.373 e. The van der Waals surface area contributed by atoms with E-state index in [0.29, 0.717) is 0 Å². The molecule has 2 rings (SSSR count). The van der Waals surface area contributed by atoms with Crippen LogP contribution in [0.15, 0.2) is 12.4 Å². The van der Waals surface area contributed by atoms with Crippen LogP contribution in [0.25, 0.3) is 0 Å². The van der Waals surface area contributed by atoms with E-state index in [-0.39, 0.29) is 6.23 Å². The van der Waals surface area contributed by atoms with Gasteiger partial charge in [-0.1, -0.05) is 0 Å². The molecule has 3 heteroatoms. The summed E-state index contributed by atoms with van der Waals surface area (Å²) in [5.74, 6) is 1.01. The first-order valence-corrected chi connectivity index (χ1v) is 3.58. The van der Waals surface area contributed by atoms with Crippen molar-refractivity contribution in [2.45, 2.75) is 25.5 Å². The first-order valence-electron chi connectivity index (χ1n) is 3.58. The number of aryl methyl sites for hydroxylation is 1. The molecule has 1 unspecified atom stereocenters. The minimum atomic E-state index is -0.328. The lowest BCUT2D eigenvalue weighted by atomic mass is 10.1. The van der Waals surface area contributed by atoms with Crippen molar-refractivity contribution < 1.29 is 5.11 Å². The van der Waals surface area contributed by atoms with Gasteiger partial charge in [0.2, 0.25) is 0 Å². The van der Waals surface area contributed by atoms with Crippen molar-refractivity contribution in [2.75, 3.05) is 0 Å². The lowest BCUT2D eigenvalue weighted by molar-refractivity contribution is 0.0780. The molecule has 3 nitrogen and oxygen atoms in total. The van der Waals surface area contributed by atoms with Crippen LogP contribution in [-0.2, 0) is 6.42 Å². The molecule has 1 atom stereocenters. The van der Waals surface area contributed by atoms with Crippen LogP contribution in [0.2, 0.25) is 0 Å². The van der Waals surface area contributed by atoms with Crippen LogP contribution < -0.4 is 0 Å². The highest BCUT2D eigenvalue weighted by atomic mass is 16.3. The highest BCUT2D eigenvalue weighted by Gasteiger charge is 2.15. The average Bonchev–Trinajstić information content (AvgIpc) is 2.36. The smallest absolute Gasteiger partial charge is 0.131 e. The van der Waals surface area contributed by atoms with E-state index in [1.54, 1.807) is 6.20 Å². The Balaban J connectivity index is 2.41. The van der Waals surface area contributed by atoms with Crippen molar-refractivity contribution in [3.63, 3.8) is 0 Å². The second-order valence-electron chi connectivity index (χ2n) is 2.62. The second-order valence-corrected chi connectivity index (χ2v) is 2.62. The molecular weight excluding hydrogens is 128 g/mol. The van der Waals surface area contributed by atoms with Crippen molar-refractivity contribution >= 4 is 0 Å². The molecule has 54 valence electrons. The fourth-order valence-electron chi connectivity index (χ4n) is 1.39. The van der Waals surface area contributed by atoms with Gasteiger partial charge in [0, 0.05) is 18.8 Å². The highest BCUT2D eigenvalue weighted by molar-refractivity contribution is 4.96. The molecule has 0 saturated heterocycles. The normalized spacial score (nSPS) is 24.3. The van der Waals surface area contributed by atoms with Crippen molar-refractivity contribution in [2.24, 2.45) is 0 Å². The van der Waals surface area contributed by atoms with E-state index in [2.05, 4.69) is 4.98 Å².